The molecule has 0 saturated carbocycles. The third kappa shape index (κ3) is 8.14. The Bertz CT molecular complexity index is 496. The fraction of sp³-hybridized carbons (Fsp3) is 0.600. The summed E-state index contributed by atoms with van der Waals surface area (Å²) < 4.78 is 0. The van der Waals surface area contributed by atoms with Crippen molar-refractivity contribution in [3.63, 3.8) is 0 Å². The Hall–Kier alpha value is -1.84. The molecular formula is C20H33N3O. The van der Waals surface area contributed by atoms with E-state index in [1.807, 2.05) is 24.3 Å². The lowest BCUT2D eigenvalue weighted by molar-refractivity contribution is 0.0949. The van der Waals surface area contributed by atoms with Gasteiger partial charge in [0, 0.05) is 5.56 Å². The van der Waals surface area contributed by atoms with Crippen molar-refractivity contribution < 1.29 is 4.79 Å². The molecule has 1 aromatic carbocycles. The summed E-state index contributed by atoms with van der Waals surface area (Å²) in [5.41, 5.74) is 7.26. The molecule has 0 heterocycles. The molecule has 1 rings (SSSR count). The molecule has 0 bridgehead atoms. The van der Waals surface area contributed by atoms with Gasteiger partial charge in [-0.3, -0.25) is 10.2 Å². The number of benzene rings is 1. The molecule has 0 spiro atoms. The van der Waals surface area contributed by atoms with Crippen LogP contribution in [-0.4, -0.2) is 17.8 Å². The predicted octanol–water partition coefficient (Wildman–Crippen LogP) is 4.42. The Morgan fingerprint density at radius 1 is 1.04 bits per heavy atom. The molecule has 0 aliphatic heterocycles. The molecular weight excluding hydrogens is 298 g/mol. The highest BCUT2D eigenvalue weighted by Crippen LogP contribution is 2.12. The van der Waals surface area contributed by atoms with E-state index in [9.17, 15) is 4.79 Å². The molecule has 1 atom stereocenters. The Kier molecular flexibility index (Phi) is 9.81. The molecule has 0 aromatic heterocycles. The summed E-state index contributed by atoms with van der Waals surface area (Å²) >= 11 is 0. The molecule has 0 unspecified atom stereocenters. The first-order valence-electron chi connectivity index (χ1n) is 9.28. The minimum absolute atomic E-state index is 0.0327. The maximum absolute atomic E-state index is 12.0. The Morgan fingerprint density at radius 3 is 2.12 bits per heavy atom. The SMILES string of the molecule is CCCCCCCCCCc1ccc(C(=O)N[C@@H](C)C(=N)N)cc1. The lowest BCUT2D eigenvalue weighted by Gasteiger charge is -2.12. The van der Waals surface area contributed by atoms with Crippen molar-refractivity contribution in [3.05, 3.63) is 35.4 Å². The van der Waals surface area contributed by atoms with E-state index in [-0.39, 0.29) is 11.7 Å². The number of hydrogen-bond donors (Lipinski definition) is 3. The van der Waals surface area contributed by atoms with E-state index in [4.69, 9.17) is 11.1 Å². The summed E-state index contributed by atoms with van der Waals surface area (Å²) in [6.45, 7) is 3.95. The average molecular weight is 332 g/mol. The molecule has 0 radical (unpaired) electrons. The largest absolute Gasteiger partial charge is 0.386 e. The molecule has 0 saturated heterocycles. The molecule has 0 aliphatic carbocycles. The molecule has 1 amide bonds. The van der Waals surface area contributed by atoms with E-state index in [2.05, 4.69) is 12.2 Å². The van der Waals surface area contributed by atoms with Gasteiger partial charge in [0.05, 0.1) is 6.04 Å². The van der Waals surface area contributed by atoms with Gasteiger partial charge in [-0.2, -0.15) is 0 Å². The molecule has 4 N–H and O–H groups in total. The van der Waals surface area contributed by atoms with Crippen molar-refractivity contribution >= 4 is 11.7 Å². The number of nitrogens with one attached hydrogen (secondary N) is 2. The van der Waals surface area contributed by atoms with Gasteiger partial charge in [-0.15, -0.1) is 0 Å². The molecule has 24 heavy (non-hydrogen) atoms. The van der Waals surface area contributed by atoms with Crippen molar-refractivity contribution in [1.29, 1.82) is 5.41 Å². The number of carbonyl (C=O) groups excluding carboxylic acids is 1. The third-order valence-corrected chi connectivity index (χ3v) is 4.35. The summed E-state index contributed by atoms with van der Waals surface area (Å²) in [4.78, 5) is 12.0. The summed E-state index contributed by atoms with van der Waals surface area (Å²) in [7, 11) is 0. The highest BCUT2D eigenvalue weighted by Gasteiger charge is 2.11. The Morgan fingerprint density at radius 2 is 1.58 bits per heavy atom. The van der Waals surface area contributed by atoms with Crippen LogP contribution in [0.25, 0.3) is 0 Å². The van der Waals surface area contributed by atoms with Crippen molar-refractivity contribution in [3.8, 4) is 0 Å². The molecule has 0 fully saturated rings. The fourth-order valence-electron chi connectivity index (χ4n) is 2.64. The first-order valence-corrected chi connectivity index (χ1v) is 9.28. The number of carbonyl (C=O) groups is 1. The van der Waals surface area contributed by atoms with Crippen LogP contribution >= 0.6 is 0 Å². The van der Waals surface area contributed by atoms with E-state index in [1.165, 1.54) is 56.9 Å². The summed E-state index contributed by atoms with van der Waals surface area (Å²) in [5, 5.41) is 10.0. The van der Waals surface area contributed by atoms with Crippen molar-refractivity contribution in [2.24, 2.45) is 5.73 Å². The molecule has 134 valence electrons. The smallest absolute Gasteiger partial charge is 0.251 e. The van der Waals surface area contributed by atoms with Crippen LogP contribution in [0.3, 0.4) is 0 Å². The zero-order chi connectivity index (χ0) is 17.8. The zero-order valence-electron chi connectivity index (χ0n) is 15.2. The maximum atomic E-state index is 12.0. The van der Waals surface area contributed by atoms with Crippen LogP contribution in [-0.2, 0) is 6.42 Å². The second-order valence-corrected chi connectivity index (χ2v) is 6.57. The number of amidine groups is 1. The van der Waals surface area contributed by atoms with E-state index < -0.39 is 6.04 Å². The van der Waals surface area contributed by atoms with Gasteiger partial charge in [-0.25, -0.2) is 0 Å². The highest BCUT2D eigenvalue weighted by atomic mass is 16.1. The van der Waals surface area contributed by atoms with Gasteiger partial charge < -0.3 is 11.1 Å². The molecule has 1 aromatic rings. The van der Waals surface area contributed by atoms with Crippen LogP contribution in [0.1, 0.15) is 81.1 Å². The number of amides is 1. The number of hydrogen-bond acceptors (Lipinski definition) is 2. The molecule has 4 heteroatoms. The second kappa shape index (κ2) is 11.7. The van der Waals surface area contributed by atoms with Gasteiger partial charge in [0.1, 0.15) is 5.84 Å². The quantitative estimate of drug-likeness (QED) is 0.301. The number of rotatable bonds is 12. The van der Waals surface area contributed by atoms with Gasteiger partial charge >= 0.3 is 0 Å². The monoisotopic (exact) mass is 331 g/mol. The van der Waals surface area contributed by atoms with E-state index in [0.29, 0.717) is 5.56 Å². The Balaban J connectivity index is 2.25. The highest BCUT2D eigenvalue weighted by molar-refractivity contribution is 5.97. The van der Waals surface area contributed by atoms with E-state index in [1.54, 1.807) is 6.92 Å². The lowest BCUT2D eigenvalue weighted by Crippen LogP contribution is -2.41. The van der Waals surface area contributed by atoms with Gasteiger partial charge in [0.2, 0.25) is 0 Å². The van der Waals surface area contributed by atoms with E-state index >= 15 is 0 Å². The number of nitrogens with two attached hydrogens (primary N) is 1. The standard InChI is InChI=1S/C20H33N3O/c1-3-4-5-6-7-8-9-10-11-17-12-14-18(15-13-17)20(24)23-16(2)19(21)22/h12-16H,3-11H2,1-2H3,(H3,21,22)(H,23,24)/t16-/m0/s1. The van der Waals surface area contributed by atoms with Gasteiger partial charge in [0.15, 0.2) is 0 Å². The maximum Gasteiger partial charge on any atom is 0.251 e. The normalized spacial score (nSPS) is 11.9. The lowest BCUT2D eigenvalue weighted by atomic mass is 10.0. The summed E-state index contributed by atoms with van der Waals surface area (Å²) in [5.74, 6) is -0.217. The van der Waals surface area contributed by atoms with Gasteiger partial charge in [-0.1, -0.05) is 64.0 Å². The average Bonchev–Trinajstić information content (AvgIpc) is 2.57. The van der Waals surface area contributed by atoms with Crippen LogP contribution in [0.15, 0.2) is 24.3 Å². The van der Waals surface area contributed by atoms with Crippen LogP contribution < -0.4 is 11.1 Å². The van der Waals surface area contributed by atoms with Crippen LogP contribution in [0.4, 0.5) is 0 Å². The van der Waals surface area contributed by atoms with Gasteiger partial charge in [0.25, 0.3) is 5.91 Å². The summed E-state index contributed by atoms with van der Waals surface area (Å²) in [6.07, 6.45) is 11.7. The first-order chi connectivity index (χ1) is 11.5. The van der Waals surface area contributed by atoms with E-state index in [0.717, 1.165) is 6.42 Å². The number of unbranched alkanes of at least 4 members (excludes halogenated alkanes) is 7. The zero-order valence-corrected chi connectivity index (χ0v) is 15.2. The van der Waals surface area contributed by atoms with Crippen LogP contribution in [0.2, 0.25) is 0 Å². The number of aryl methyl sites for hydroxylation is 1. The first kappa shape index (κ1) is 20.2. The van der Waals surface area contributed by atoms with Crippen LogP contribution in [0.5, 0.6) is 0 Å². The summed E-state index contributed by atoms with van der Waals surface area (Å²) in [6, 6.07) is 7.31. The minimum atomic E-state index is -0.436. The van der Waals surface area contributed by atoms with Crippen molar-refractivity contribution in [2.45, 2.75) is 77.7 Å². The van der Waals surface area contributed by atoms with Crippen molar-refractivity contribution in [2.75, 3.05) is 0 Å². The van der Waals surface area contributed by atoms with Crippen LogP contribution in [0, 0.1) is 5.41 Å². The third-order valence-electron chi connectivity index (χ3n) is 4.35. The van der Waals surface area contributed by atoms with Crippen molar-refractivity contribution in [1.82, 2.24) is 5.32 Å². The Labute approximate surface area is 146 Å². The fourth-order valence-corrected chi connectivity index (χ4v) is 2.64. The molecule has 0 aliphatic rings. The minimum Gasteiger partial charge on any atom is -0.386 e. The predicted molar refractivity (Wildman–Crippen MR) is 102 cm³/mol. The van der Waals surface area contributed by atoms with Gasteiger partial charge in [-0.05, 0) is 37.5 Å². The second-order valence-electron chi connectivity index (χ2n) is 6.57. The molecule has 4 nitrogen and oxygen atoms in total. The topological polar surface area (TPSA) is 79.0 Å².